The van der Waals surface area contributed by atoms with E-state index >= 15 is 0 Å². The van der Waals surface area contributed by atoms with Gasteiger partial charge in [0, 0.05) is 6.04 Å². The Morgan fingerprint density at radius 3 is 2.35 bits per heavy atom. The first-order valence-corrected chi connectivity index (χ1v) is 8.64. The molecule has 3 aliphatic carbocycles. The highest BCUT2D eigenvalue weighted by molar-refractivity contribution is 5.29. The van der Waals surface area contributed by atoms with E-state index in [2.05, 4.69) is 31.2 Å². The van der Waals surface area contributed by atoms with Crippen LogP contribution < -0.4 is 5.73 Å². The van der Waals surface area contributed by atoms with Gasteiger partial charge in [0.15, 0.2) is 0 Å². The summed E-state index contributed by atoms with van der Waals surface area (Å²) in [5.74, 6) is 4.85. The van der Waals surface area contributed by atoms with Gasteiger partial charge in [0.1, 0.15) is 0 Å². The number of unbranched alkanes of at least 4 members (excludes halogenated alkanes) is 1. The number of hydrogen-bond acceptors (Lipinski definition) is 1. The van der Waals surface area contributed by atoms with Gasteiger partial charge in [-0.05, 0) is 72.8 Å². The van der Waals surface area contributed by atoms with Crippen molar-refractivity contribution in [3.8, 4) is 0 Å². The number of hydrogen-bond donors (Lipinski definition) is 1. The van der Waals surface area contributed by atoms with Crippen molar-refractivity contribution in [2.24, 2.45) is 35.3 Å². The van der Waals surface area contributed by atoms with Gasteiger partial charge in [-0.2, -0.15) is 0 Å². The minimum absolute atomic E-state index is 0.300. The van der Waals surface area contributed by atoms with Gasteiger partial charge in [0.2, 0.25) is 0 Å². The first-order chi connectivity index (χ1) is 9.79. The summed E-state index contributed by atoms with van der Waals surface area (Å²) in [4.78, 5) is 0. The lowest BCUT2D eigenvalue weighted by atomic mass is 9.93. The monoisotopic (exact) mass is 269 g/mol. The van der Waals surface area contributed by atoms with Gasteiger partial charge >= 0.3 is 0 Å². The van der Waals surface area contributed by atoms with E-state index in [1.165, 1.54) is 49.7 Å². The molecule has 2 bridgehead atoms. The fourth-order valence-electron chi connectivity index (χ4n) is 5.38. The smallest absolute Gasteiger partial charge is 0.0329 e. The quantitative estimate of drug-likeness (QED) is 0.846. The second-order valence-electron chi connectivity index (χ2n) is 7.44. The third-order valence-corrected chi connectivity index (χ3v) is 6.39. The van der Waals surface area contributed by atoms with Crippen LogP contribution in [0.1, 0.15) is 56.2 Å². The highest BCUT2D eigenvalue weighted by atomic mass is 14.8. The van der Waals surface area contributed by atoms with Crippen molar-refractivity contribution >= 4 is 0 Å². The number of rotatable bonds is 5. The first-order valence-electron chi connectivity index (χ1n) is 8.64. The molecular formula is C19H27N. The molecule has 0 saturated heterocycles. The molecule has 5 atom stereocenters. The van der Waals surface area contributed by atoms with Crippen molar-refractivity contribution in [3.05, 3.63) is 35.4 Å². The summed E-state index contributed by atoms with van der Waals surface area (Å²) in [6, 6.07) is 9.50. The largest absolute Gasteiger partial charge is 0.324 e. The minimum atomic E-state index is 0.300. The number of aryl methyl sites for hydroxylation is 1. The summed E-state index contributed by atoms with van der Waals surface area (Å²) in [7, 11) is 0. The Kier molecular flexibility index (Phi) is 3.14. The summed E-state index contributed by atoms with van der Waals surface area (Å²) in [5.41, 5.74) is 9.44. The SMILES string of the molecule is CCCCc1ccc(C(N)C2C3C4CCC(C4)C32)cc1. The van der Waals surface area contributed by atoms with Crippen molar-refractivity contribution in [2.75, 3.05) is 0 Å². The molecule has 0 amide bonds. The zero-order chi connectivity index (χ0) is 13.7. The van der Waals surface area contributed by atoms with Crippen molar-refractivity contribution in [1.82, 2.24) is 0 Å². The molecule has 1 nitrogen and oxygen atoms in total. The van der Waals surface area contributed by atoms with Crippen LogP contribution in [0.4, 0.5) is 0 Å². The normalized spacial score (nSPS) is 38.8. The molecule has 1 heteroatoms. The van der Waals surface area contributed by atoms with Crippen LogP contribution in [0, 0.1) is 29.6 Å². The van der Waals surface area contributed by atoms with E-state index in [0.29, 0.717) is 6.04 Å². The third kappa shape index (κ3) is 1.94. The van der Waals surface area contributed by atoms with Crippen LogP contribution in [-0.2, 0) is 6.42 Å². The Morgan fingerprint density at radius 2 is 1.75 bits per heavy atom. The number of nitrogens with two attached hydrogens (primary N) is 1. The number of benzene rings is 1. The maximum atomic E-state index is 6.59. The van der Waals surface area contributed by atoms with Crippen LogP contribution >= 0.6 is 0 Å². The van der Waals surface area contributed by atoms with E-state index in [1.54, 1.807) is 0 Å². The molecule has 108 valence electrons. The maximum absolute atomic E-state index is 6.59. The van der Waals surface area contributed by atoms with Crippen molar-refractivity contribution < 1.29 is 0 Å². The average Bonchev–Trinajstić information content (AvgIpc) is 2.92. The van der Waals surface area contributed by atoms with Crippen molar-refractivity contribution in [1.29, 1.82) is 0 Å². The van der Waals surface area contributed by atoms with E-state index in [1.807, 2.05) is 0 Å². The Labute approximate surface area is 122 Å². The van der Waals surface area contributed by atoms with Crippen LogP contribution in [0.2, 0.25) is 0 Å². The summed E-state index contributed by atoms with van der Waals surface area (Å²) < 4.78 is 0. The van der Waals surface area contributed by atoms with E-state index in [0.717, 1.165) is 29.6 Å². The molecule has 0 aliphatic heterocycles. The van der Waals surface area contributed by atoms with Gasteiger partial charge in [-0.1, -0.05) is 37.6 Å². The molecule has 3 saturated carbocycles. The summed E-state index contributed by atoms with van der Waals surface area (Å²) >= 11 is 0. The topological polar surface area (TPSA) is 26.0 Å². The standard InChI is InChI=1S/C19H27N/c1-2-3-4-12-5-7-13(8-6-12)19(20)18-16-14-9-10-15(11-14)17(16)18/h5-8,14-19H,2-4,9-11,20H2,1H3. The van der Waals surface area contributed by atoms with Crippen LogP contribution in [0.3, 0.4) is 0 Å². The van der Waals surface area contributed by atoms with Crippen LogP contribution in [-0.4, -0.2) is 0 Å². The Balaban J connectivity index is 1.43. The second-order valence-corrected chi connectivity index (χ2v) is 7.44. The Hall–Kier alpha value is -0.820. The summed E-state index contributed by atoms with van der Waals surface area (Å²) in [5, 5.41) is 0. The number of fused-ring (bicyclic) bond motifs is 5. The summed E-state index contributed by atoms with van der Waals surface area (Å²) in [6.45, 7) is 2.25. The van der Waals surface area contributed by atoms with E-state index < -0.39 is 0 Å². The van der Waals surface area contributed by atoms with Crippen molar-refractivity contribution in [3.63, 3.8) is 0 Å². The van der Waals surface area contributed by atoms with Gasteiger partial charge in [-0.25, -0.2) is 0 Å². The third-order valence-electron chi connectivity index (χ3n) is 6.39. The highest BCUT2D eigenvalue weighted by Crippen LogP contribution is 2.71. The van der Waals surface area contributed by atoms with Gasteiger partial charge in [0.05, 0.1) is 0 Å². The fraction of sp³-hybridized carbons (Fsp3) is 0.684. The zero-order valence-corrected chi connectivity index (χ0v) is 12.6. The molecular weight excluding hydrogens is 242 g/mol. The minimum Gasteiger partial charge on any atom is -0.324 e. The molecule has 3 aliphatic rings. The van der Waals surface area contributed by atoms with Gasteiger partial charge in [0.25, 0.3) is 0 Å². The van der Waals surface area contributed by atoms with Gasteiger partial charge in [-0.3, -0.25) is 0 Å². The predicted octanol–water partition coefficient (Wildman–Crippen LogP) is 4.32. The fourth-order valence-corrected chi connectivity index (χ4v) is 5.38. The molecule has 2 N–H and O–H groups in total. The molecule has 3 fully saturated rings. The molecule has 0 heterocycles. The molecule has 5 unspecified atom stereocenters. The lowest BCUT2D eigenvalue weighted by molar-refractivity contribution is 0.417. The average molecular weight is 269 g/mol. The van der Waals surface area contributed by atoms with E-state index in [-0.39, 0.29) is 0 Å². The van der Waals surface area contributed by atoms with Crippen molar-refractivity contribution in [2.45, 2.75) is 51.5 Å². The van der Waals surface area contributed by atoms with E-state index in [4.69, 9.17) is 5.73 Å². The zero-order valence-electron chi connectivity index (χ0n) is 12.6. The highest BCUT2D eigenvalue weighted by Gasteiger charge is 2.66. The van der Waals surface area contributed by atoms with Crippen LogP contribution in [0.5, 0.6) is 0 Å². The molecule has 1 aromatic rings. The first kappa shape index (κ1) is 12.9. The van der Waals surface area contributed by atoms with Gasteiger partial charge < -0.3 is 5.73 Å². The molecule has 0 aromatic heterocycles. The van der Waals surface area contributed by atoms with Gasteiger partial charge in [-0.15, -0.1) is 0 Å². The Bertz CT molecular complexity index is 461. The van der Waals surface area contributed by atoms with Crippen LogP contribution in [0.25, 0.3) is 0 Å². The molecule has 0 radical (unpaired) electrons. The Morgan fingerprint density at radius 1 is 1.10 bits per heavy atom. The summed E-state index contributed by atoms with van der Waals surface area (Å²) in [6.07, 6.45) is 8.28. The molecule has 1 aromatic carbocycles. The predicted molar refractivity (Wildman–Crippen MR) is 83.3 cm³/mol. The molecule has 0 spiro atoms. The second kappa shape index (κ2) is 4.87. The lowest BCUT2D eigenvalue weighted by Crippen LogP contribution is -2.17. The van der Waals surface area contributed by atoms with Crippen LogP contribution in [0.15, 0.2) is 24.3 Å². The molecule has 4 rings (SSSR count). The molecule has 20 heavy (non-hydrogen) atoms. The maximum Gasteiger partial charge on any atom is 0.0329 e. The lowest BCUT2D eigenvalue weighted by Gasteiger charge is -2.17. The van der Waals surface area contributed by atoms with E-state index in [9.17, 15) is 0 Å².